The molecular formula is C9H17NO4. The van der Waals surface area contributed by atoms with E-state index in [9.17, 15) is 9.59 Å². The molecule has 0 aromatic heterocycles. The lowest BCUT2D eigenvalue weighted by Gasteiger charge is -1.91. The molecule has 0 saturated carbocycles. The van der Waals surface area contributed by atoms with Gasteiger partial charge in [0.25, 0.3) is 0 Å². The van der Waals surface area contributed by atoms with Gasteiger partial charge in [-0.3, -0.25) is 0 Å². The first-order valence-electron chi connectivity index (χ1n) is 4.39. The van der Waals surface area contributed by atoms with Crippen molar-refractivity contribution in [3.05, 3.63) is 12.2 Å². The summed E-state index contributed by atoms with van der Waals surface area (Å²) in [4.78, 5) is 19.1. The standard InChI is InChI=1S/C5H13N.C4H4O4/c1-3-5-6-4-2;5-3(6)1-2-4(7)8/h6H,3-5H2,1-2H3;1-2H,(H,5,6)(H,7,8)/b;2-1+. The van der Waals surface area contributed by atoms with E-state index in [1.807, 2.05) is 0 Å². The summed E-state index contributed by atoms with van der Waals surface area (Å²) < 4.78 is 0. The molecule has 0 aromatic rings. The summed E-state index contributed by atoms with van der Waals surface area (Å²) in [6.45, 7) is 6.56. The van der Waals surface area contributed by atoms with Gasteiger partial charge in [0.05, 0.1) is 0 Å². The summed E-state index contributed by atoms with van der Waals surface area (Å²) in [5.41, 5.74) is 0. The Morgan fingerprint density at radius 2 is 1.57 bits per heavy atom. The molecule has 0 aromatic carbocycles. The van der Waals surface area contributed by atoms with Crippen molar-refractivity contribution in [2.45, 2.75) is 20.3 Å². The molecule has 5 heteroatoms. The number of hydrogen-bond donors (Lipinski definition) is 3. The molecule has 0 aliphatic carbocycles. The zero-order valence-corrected chi connectivity index (χ0v) is 8.49. The third-order valence-corrected chi connectivity index (χ3v) is 1.05. The van der Waals surface area contributed by atoms with E-state index in [0.717, 1.165) is 13.1 Å². The predicted molar refractivity (Wildman–Crippen MR) is 53.2 cm³/mol. The van der Waals surface area contributed by atoms with Gasteiger partial charge in [0.15, 0.2) is 0 Å². The number of nitrogens with one attached hydrogen (secondary N) is 1. The van der Waals surface area contributed by atoms with E-state index in [1.54, 1.807) is 0 Å². The normalized spacial score (nSPS) is 9.29. The van der Waals surface area contributed by atoms with Crippen LogP contribution in [0.4, 0.5) is 0 Å². The van der Waals surface area contributed by atoms with Gasteiger partial charge in [0.2, 0.25) is 0 Å². The second-order valence-corrected chi connectivity index (χ2v) is 2.36. The topological polar surface area (TPSA) is 86.6 Å². The summed E-state index contributed by atoms with van der Waals surface area (Å²) in [6.07, 6.45) is 2.36. The van der Waals surface area contributed by atoms with Crippen molar-refractivity contribution in [2.75, 3.05) is 13.1 Å². The van der Waals surface area contributed by atoms with Crippen LogP contribution in [0, 0.1) is 0 Å². The highest BCUT2D eigenvalue weighted by Gasteiger charge is 1.88. The fraction of sp³-hybridized carbons (Fsp3) is 0.556. The molecule has 0 aliphatic rings. The fourth-order valence-electron chi connectivity index (χ4n) is 0.496. The third kappa shape index (κ3) is 22.4. The zero-order chi connectivity index (χ0) is 11.4. The lowest BCUT2D eigenvalue weighted by Crippen LogP contribution is -2.12. The van der Waals surface area contributed by atoms with E-state index in [-0.39, 0.29) is 0 Å². The maximum Gasteiger partial charge on any atom is 0.328 e. The molecule has 0 rings (SSSR count). The van der Waals surface area contributed by atoms with Crippen LogP contribution in [0.1, 0.15) is 20.3 Å². The van der Waals surface area contributed by atoms with Gasteiger partial charge in [-0.1, -0.05) is 13.8 Å². The quantitative estimate of drug-likeness (QED) is 0.452. The minimum Gasteiger partial charge on any atom is -0.478 e. The number of carboxylic acids is 2. The van der Waals surface area contributed by atoms with Crippen LogP contribution in [-0.4, -0.2) is 35.2 Å². The molecule has 0 atom stereocenters. The van der Waals surface area contributed by atoms with Crippen molar-refractivity contribution in [1.82, 2.24) is 5.32 Å². The van der Waals surface area contributed by atoms with E-state index in [2.05, 4.69) is 19.2 Å². The lowest BCUT2D eigenvalue weighted by atomic mass is 10.5. The first-order chi connectivity index (χ1) is 6.54. The SMILES string of the molecule is CCCNCC.O=C(O)/C=C/C(=O)O. The summed E-state index contributed by atoms with van der Waals surface area (Å²) in [5.74, 6) is -2.51. The summed E-state index contributed by atoms with van der Waals surface area (Å²) in [7, 11) is 0. The maximum atomic E-state index is 9.55. The van der Waals surface area contributed by atoms with E-state index in [1.165, 1.54) is 6.42 Å². The first kappa shape index (κ1) is 15.1. The Hall–Kier alpha value is -1.36. The molecule has 0 saturated heterocycles. The van der Waals surface area contributed by atoms with Gasteiger partial charge >= 0.3 is 11.9 Å². The van der Waals surface area contributed by atoms with Crippen molar-refractivity contribution >= 4 is 11.9 Å². The Kier molecular flexibility index (Phi) is 12.6. The van der Waals surface area contributed by atoms with E-state index < -0.39 is 11.9 Å². The molecule has 82 valence electrons. The molecule has 0 fully saturated rings. The van der Waals surface area contributed by atoms with Crippen LogP contribution < -0.4 is 5.32 Å². The van der Waals surface area contributed by atoms with Crippen LogP contribution in [-0.2, 0) is 9.59 Å². The number of hydrogen-bond acceptors (Lipinski definition) is 3. The molecule has 0 unspecified atom stereocenters. The molecule has 0 spiro atoms. The average molecular weight is 203 g/mol. The van der Waals surface area contributed by atoms with Gasteiger partial charge in [-0.25, -0.2) is 9.59 Å². The molecular weight excluding hydrogens is 186 g/mol. The van der Waals surface area contributed by atoms with Crippen LogP contribution in [0.2, 0.25) is 0 Å². The second-order valence-electron chi connectivity index (χ2n) is 2.36. The van der Waals surface area contributed by atoms with Gasteiger partial charge in [-0.2, -0.15) is 0 Å². The number of carbonyl (C=O) groups is 2. The number of rotatable bonds is 5. The predicted octanol–water partition coefficient (Wildman–Crippen LogP) is 0.718. The summed E-state index contributed by atoms with van der Waals surface area (Å²) in [5, 5.41) is 18.8. The largest absolute Gasteiger partial charge is 0.478 e. The molecule has 0 aliphatic heterocycles. The Balaban J connectivity index is 0. The molecule has 0 heterocycles. The number of aliphatic carboxylic acids is 2. The van der Waals surface area contributed by atoms with E-state index >= 15 is 0 Å². The highest BCUT2D eigenvalue weighted by molar-refractivity contribution is 5.89. The molecule has 3 N–H and O–H groups in total. The number of carboxylic acid groups (broad SMARTS) is 2. The summed E-state index contributed by atoms with van der Waals surface area (Å²) >= 11 is 0. The van der Waals surface area contributed by atoms with Crippen molar-refractivity contribution in [1.29, 1.82) is 0 Å². The van der Waals surface area contributed by atoms with Gasteiger partial charge < -0.3 is 15.5 Å². The minimum atomic E-state index is -1.26. The van der Waals surface area contributed by atoms with Crippen molar-refractivity contribution < 1.29 is 19.8 Å². The Morgan fingerprint density at radius 3 is 1.71 bits per heavy atom. The van der Waals surface area contributed by atoms with Gasteiger partial charge in [-0.05, 0) is 19.5 Å². The lowest BCUT2D eigenvalue weighted by molar-refractivity contribution is -0.134. The smallest absolute Gasteiger partial charge is 0.328 e. The van der Waals surface area contributed by atoms with Crippen LogP contribution in [0.5, 0.6) is 0 Å². The Morgan fingerprint density at radius 1 is 1.14 bits per heavy atom. The van der Waals surface area contributed by atoms with Crippen LogP contribution in [0.25, 0.3) is 0 Å². The molecule has 14 heavy (non-hydrogen) atoms. The van der Waals surface area contributed by atoms with Crippen molar-refractivity contribution in [3.8, 4) is 0 Å². The van der Waals surface area contributed by atoms with Gasteiger partial charge in [0.1, 0.15) is 0 Å². The van der Waals surface area contributed by atoms with Gasteiger partial charge in [-0.15, -0.1) is 0 Å². The highest BCUT2D eigenvalue weighted by Crippen LogP contribution is 1.70. The minimum absolute atomic E-state index is 0.558. The maximum absolute atomic E-state index is 9.55. The van der Waals surface area contributed by atoms with Crippen LogP contribution in [0.3, 0.4) is 0 Å². The molecule has 0 amide bonds. The molecule has 5 nitrogen and oxygen atoms in total. The van der Waals surface area contributed by atoms with E-state index in [0.29, 0.717) is 12.2 Å². The molecule has 0 bridgehead atoms. The zero-order valence-electron chi connectivity index (χ0n) is 8.49. The summed E-state index contributed by atoms with van der Waals surface area (Å²) in [6, 6.07) is 0. The first-order valence-corrected chi connectivity index (χ1v) is 4.39. The molecule has 0 radical (unpaired) electrons. The third-order valence-electron chi connectivity index (χ3n) is 1.05. The second kappa shape index (κ2) is 11.6. The monoisotopic (exact) mass is 203 g/mol. The van der Waals surface area contributed by atoms with Crippen LogP contribution >= 0.6 is 0 Å². The van der Waals surface area contributed by atoms with Crippen molar-refractivity contribution in [3.63, 3.8) is 0 Å². The van der Waals surface area contributed by atoms with E-state index in [4.69, 9.17) is 10.2 Å². The van der Waals surface area contributed by atoms with Crippen molar-refractivity contribution in [2.24, 2.45) is 0 Å². The fourth-order valence-corrected chi connectivity index (χ4v) is 0.496. The highest BCUT2D eigenvalue weighted by atomic mass is 16.4. The Bertz CT molecular complexity index is 169. The Labute approximate surface area is 83.4 Å². The van der Waals surface area contributed by atoms with Gasteiger partial charge in [0, 0.05) is 12.2 Å². The average Bonchev–Trinajstić information content (AvgIpc) is 2.12. The van der Waals surface area contributed by atoms with Crippen LogP contribution in [0.15, 0.2) is 12.2 Å².